The molecule has 0 saturated carbocycles. The van der Waals surface area contributed by atoms with E-state index in [0.717, 1.165) is 5.82 Å². The second-order valence-electron chi connectivity index (χ2n) is 3.15. The third kappa shape index (κ3) is 1.71. The van der Waals surface area contributed by atoms with Crippen molar-refractivity contribution in [1.29, 1.82) is 0 Å². The second kappa shape index (κ2) is 3.74. The molecule has 0 saturated heterocycles. The highest BCUT2D eigenvalue weighted by atomic mass is 15.4. The maximum atomic E-state index is 5.58. The first-order valence-electron chi connectivity index (χ1n) is 4.63. The van der Waals surface area contributed by atoms with E-state index in [-0.39, 0.29) is 0 Å². The molecule has 6 nitrogen and oxygen atoms in total. The molecule has 0 atom stereocenters. The normalized spacial score (nSPS) is 10.6. The molecule has 0 spiro atoms. The van der Waals surface area contributed by atoms with Crippen molar-refractivity contribution in [3.05, 3.63) is 29.7 Å². The summed E-state index contributed by atoms with van der Waals surface area (Å²) in [5.41, 5.74) is 6.29. The molecule has 0 radical (unpaired) electrons. The number of nitrogens with two attached hydrogens (primary N) is 1. The zero-order valence-electron chi connectivity index (χ0n) is 8.68. The van der Waals surface area contributed by atoms with Crippen molar-refractivity contribution in [3.8, 4) is 5.82 Å². The molecule has 0 aliphatic carbocycles. The molecule has 0 bridgehead atoms. The highest BCUT2D eigenvalue weighted by molar-refractivity contribution is 5.27. The molecule has 2 heterocycles. The highest BCUT2D eigenvalue weighted by Crippen LogP contribution is 2.09. The molecule has 0 aliphatic heterocycles. The zero-order chi connectivity index (χ0) is 10.8. The Morgan fingerprint density at radius 3 is 2.60 bits per heavy atom. The molecule has 2 N–H and O–H groups in total. The first kappa shape index (κ1) is 9.72. The van der Waals surface area contributed by atoms with Gasteiger partial charge in [0.2, 0.25) is 0 Å². The zero-order valence-corrected chi connectivity index (χ0v) is 8.68. The molecule has 0 amide bonds. The van der Waals surface area contributed by atoms with Gasteiger partial charge in [-0.2, -0.15) is 4.68 Å². The predicted octanol–water partition coefficient (Wildman–Crippen LogP) is 0.133. The van der Waals surface area contributed by atoms with E-state index in [1.807, 2.05) is 13.8 Å². The van der Waals surface area contributed by atoms with Crippen molar-refractivity contribution in [2.45, 2.75) is 20.4 Å². The van der Waals surface area contributed by atoms with Crippen molar-refractivity contribution in [1.82, 2.24) is 24.7 Å². The van der Waals surface area contributed by atoms with Crippen LogP contribution in [-0.4, -0.2) is 24.7 Å². The van der Waals surface area contributed by atoms with Crippen molar-refractivity contribution in [2.75, 3.05) is 0 Å². The van der Waals surface area contributed by atoms with Crippen LogP contribution in [-0.2, 0) is 6.54 Å². The number of rotatable bonds is 2. The van der Waals surface area contributed by atoms with E-state index in [0.29, 0.717) is 23.9 Å². The molecule has 6 heteroatoms. The van der Waals surface area contributed by atoms with E-state index in [4.69, 9.17) is 5.73 Å². The topological polar surface area (TPSA) is 82.5 Å². The van der Waals surface area contributed by atoms with E-state index >= 15 is 0 Å². The van der Waals surface area contributed by atoms with Crippen LogP contribution in [0.4, 0.5) is 0 Å². The van der Waals surface area contributed by atoms with Gasteiger partial charge in [-0.15, -0.1) is 5.10 Å². The fraction of sp³-hybridized carbons (Fsp3) is 0.333. The first-order chi connectivity index (χ1) is 7.22. The average molecular weight is 204 g/mol. The summed E-state index contributed by atoms with van der Waals surface area (Å²) in [7, 11) is 0. The SMILES string of the molecule is Cc1nc(C)n(-c2nccnc2CN)n1. The molecule has 0 aromatic carbocycles. The number of hydrogen-bond acceptors (Lipinski definition) is 5. The van der Waals surface area contributed by atoms with Gasteiger partial charge in [0.05, 0.1) is 5.69 Å². The van der Waals surface area contributed by atoms with Crippen LogP contribution in [0.2, 0.25) is 0 Å². The Labute approximate surface area is 87.2 Å². The Morgan fingerprint density at radius 1 is 1.27 bits per heavy atom. The molecule has 0 aliphatic rings. The Balaban J connectivity index is 2.58. The minimum Gasteiger partial charge on any atom is -0.325 e. The fourth-order valence-corrected chi connectivity index (χ4v) is 1.40. The van der Waals surface area contributed by atoms with Gasteiger partial charge in [-0.1, -0.05) is 0 Å². The molecule has 2 rings (SSSR count). The first-order valence-corrected chi connectivity index (χ1v) is 4.63. The quantitative estimate of drug-likeness (QED) is 0.752. The summed E-state index contributed by atoms with van der Waals surface area (Å²) in [6.07, 6.45) is 3.23. The van der Waals surface area contributed by atoms with Crippen LogP contribution in [0.15, 0.2) is 12.4 Å². The summed E-state index contributed by atoms with van der Waals surface area (Å²) in [6, 6.07) is 0. The summed E-state index contributed by atoms with van der Waals surface area (Å²) >= 11 is 0. The maximum absolute atomic E-state index is 5.58. The number of aryl methyl sites for hydroxylation is 2. The minimum atomic E-state index is 0.335. The van der Waals surface area contributed by atoms with E-state index < -0.39 is 0 Å². The molecular weight excluding hydrogens is 192 g/mol. The van der Waals surface area contributed by atoms with E-state index in [1.54, 1.807) is 17.1 Å². The molecule has 2 aromatic heterocycles. The van der Waals surface area contributed by atoms with Gasteiger partial charge in [-0.05, 0) is 13.8 Å². The van der Waals surface area contributed by atoms with Gasteiger partial charge in [0.1, 0.15) is 11.6 Å². The lowest BCUT2D eigenvalue weighted by Gasteiger charge is -2.05. The standard InChI is InChI=1S/C9H12N6/c1-6-13-7(2)15(14-6)9-8(5-10)11-3-4-12-9/h3-4H,5,10H2,1-2H3. The molecule has 2 aromatic rings. The summed E-state index contributed by atoms with van der Waals surface area (Å²) in [5.74, 6) is 2.14. The average Bonchev–Trinajstić information content (AvgIpc) is 2.57. The van der Waals surface area contributed by atoms with Crippen LogP contribution < -0.4 is 5.73 Å². The van der Waals surface area contributed by atoms with Crippen molar-refractivity contribution < 1.29 is 0 Å². The number of aromatic nitrogens is 5. The van der Waals surface area contributed by atoms with Crippen LogP contribution in [0.25, 0.3) is 5.82 Å². The molecule has 0 fully saturated rings. The Kier molecular flexibility index (Phi) is 2.42. The smallest absolute Gasteiger partial charge is 0.178 e. The van der Waals surface area contributed by atoms with Gasteiger partial charge in [0, 0.05) is 18.9 Å². The summed E-state index contributed by atoms with van der Waals surface area (Å²) < 4.78 is 1.66. The minimum absolute atomic E-state index is 0.335. The van der Waals surface area contributed by atoms with Crippen LogP contribution in [0.5, 0.6) is 0 Å². The molecule has 0 unspecified atom stereocenters. The van der Waals surface area contributed by atoms with Gasteiger partial charge >= 0.3 is 0 Å². The lowest BCUT2D eigenvalue weighted by Crippen LogP contribution is -2.11. The third-order valence-electron chi connectivity index (χ3n) is 2.02. The van der Waals surface area contributed by atoms with E-state index in [1.165, 1.54) is 0 Å². The lowest BCUT2D eigenvalue weighted by molar-refractivity contribution is 0.771. The van der Waals surface area contributed by atoms with E-state index in [2.05, 4.69) is 20.1 Å². The van der Waals surface area contributed by atoms with Gasteiger partial charge in [0.25, 0.3) is 0 Å². The predicted molar refractivity (Wildman–Crippen MR) is 54.3 cm³/mol. The second-order valence-corrected chi connectivity index (χ2v) is 3.15. The van der Waals surface area contributed by atoms with Crippen LogP contribution in [0, 0.1) is 13.8 Å². The van der Waals surface area contributed by atoms with Crippen LogP contribution >= 0.6 is 0 Å². The summed E-state index contributed by atoms with van der Waals surface area (Å²) in [4.78, 5) is 12.6. The number of hydrogen-bond donors (Lipinski definition) is 1. The molecular formula is C9H12N6. The molecule has 78 valence electrons. The van der Waals surface area contributed by atoms with Gasteiger partial charge in [-0.25, -0.2) is 9.97 Å². The van der Waals surface area contributed by atoms with Crippen molar-refractivity contribution in [3.63, 3.8) is 0 Å². The van der Waals surface area contributed by atoms with Gasteiger partial charge in [0.15, 0.2) is 5.82 Å². The van der Waals surface area contributed by atoms with E-state index in [9.17, 15) is 0 Å². The fourth-order valence-electron chi connectivity index (χ4n) is 1.40. The van der Waals surface area contributed by atoms with Crippen molar-refractivity contribution >= 4 is 0 Å². The van der Waals surface area contributed by atoms with Crippen LogP contribution in [0.3, 0.4) is 0 Å². The largest absolute Gasteiger partial charge is 0.325 e. The Morgan fingerprint density at radius 2 is 2.00 bits per heavy atom. The molecule has 15 heavy (non-hydrogen) atoms. The van der Waals surface area contributed by atoms with Crippen molar-refractivity contribution in [2.24, 2.45) is 5.73 Å². The lowest BCUT2D eigenvalue weighted by atomic mass is 10.4. The third-order valence-corrected chi connectivity index (χ3v) is 2.02. The van der Waals surface area contributed by atoms with Crippen LogP contribution in [0.1, 0.15) is 17.3 Å². The summed E-state index contributed by atoms with van der Waals surface area (Å²) in [6.45, 7) is 4.04. The summed E-state index contributed by atoms with van der Waals surface area (Å²) in [5, 5.41) is 4.24. The Bertz CT molecular complexity index is 475. The maximum Gasteiger partial charge on any atom is 0.178 e. The highest BCUT2D eigenvalue weighted by Gasteiger charge is 2.10. The van der Waals surface area contributed by atoms with Gasteiger partial charge in [-0.3, -0.25) is 4.98 Å². The monoisotopic (exact) mass is 204 g/mol. The number of nitrogens with zero attached hydrogens (tertiary/aromatic N) is 5. The Hall–Kier alpha value is -1.82. The van der Waals surface area contributed by atoms with Gasteiger partial charge < -0.3 is 5.73 Å².